The third-order valence-electron chi connectivity index (χ3n) is 4.47. The minimum absolute atomic E-state index is 0.0152. The Hall–Kier alpha value is -0.610. The molecule has 0 bridgehead atoms. The van der Waals surface area contributed by atoms with Crippen LogP contribution in [0.2, 0.25) is 0 Å². The molecule has 2 aliphatic rings. The van der Waals surface area contributed by atoms with Crippen LogP contribution in [0.25, 0.3) is 0 Å². The van der Waals surface area contributed by atoms with E-state index >= 15 is 0 Å². The first-order chi connectivity index (χ1) is 9.18. The average molecular weight is 268 g/mol. The van der Waals surface area contributed by atoms with Crippen LogP contribution < -0.4 is 5.32 Å². The quantitative estimate of drug-likeness (QED) is 0.797. The van der Waals surface area contributed by atoms with Gasteiger partial charge in [-0.2, -0.15) is 0 Å². The van der Waals surface area contributed by atoms with Crippen LogP contribution in [-0.2, 0) is 4.79 Å². The lowest BCUT2D eigenvalue weighted by Gasteiger charge is -2.31. The summed E-state index contributed by atoms with van der Waals surface area (Å²) in [6.45, 7) is 4.00. The van der Waals surface area contributed by atoms with Crippen molar-refractivity contribution in [3.8, 4) is 0 Å². The summed E-state index contributed by atoms with van der Waals surface area (Å²) >= 11 is 0. The number of rotatable bonds is 5. The maximum Gasteiger partial charge on any atom is 0.222 e. The summed E-state index contributed by atoms with van der Waals surface area (Å²) in [5, 5.41) is 13.3. The first-order valence-electron chi connectivity index (χ1n) is 7.89. The zero-order valence-electron chi connectivity index (χ0n) is 12.0. The van der Waals surface area contributed by atoms with Gasteiger partial charge in [-0.15, -0.1) is 0 Å². The minimum Gasteiger partial charge on any atom is -0.389 e. The lowest BCUT2D eigenvalue weighted by molar-refractivity contribution is -0.127. The summed E-state index contributed by atoms with van der Waals surface area (Å²) in [4.78, 5) is 14.3. The molecule has 2 fully saturated rings. The molecule has 4 nitrogen and oxygen atoms in total. The van der Waals surface area contributed by atoms with E-state index in [4.69, 9.17) is 0 Å². The van der Waals surface area contributed by atoms with E-state index in [1.165, 1.54) is 38.8 Å². The van der Waals surface area contributed by atoms with Gasteiger partial charge in [-0.25, -0.2) is 0 Å². The third-order valence-corrected chi connectivity index (χ3v) is 4.47. The lowest BCUT2D eigenvalue weighted by Crippen LogP contribution is -2.41. The average Bonchev–Trinajstić information content (AvgIpc) is 2.40. The summed E-state index contributed by atoms with van der Waals surface area (Å²) in [5.41, 5.74) is -0.729. The summed E-state index contributed by atoms with van der Waals surface area (Å²) in [5.74, 6) is 0.0152. The van der Waals surface area contributed by atoms with Crippen molar-refractivity contribution in [2.75, 3.05) is 26.2 Å². The second-order valence-electron chi connectivity index (χ2n) is 6.21. The molecule has 1 saturated heterocycles. The van der Waals surface area contributed by atoms with E-state index in [1.807, 2.05) is 0 Å². The van der Waals surface area contributed by atoms with Gasteiger partial charge in [0.25, 0.3) is 0 Å². The van der Waals surface area contributed by atoms with Crippen molar-refractivity contribution in [1.29, 1.82) is 0 Å². The van der Waals surface area contributed by atoms with Crippen LogP contribution in [0.5, 0.6) is 0 Å². The smallest absolute Gasteiger partial charge is 0.222 e. The van der Waals surface area contributed by atoms with Crippen LogP contribution in [0.15, 0.2) is 0 Å². The third kappa shape index (κ3) is 5.11. The van der Waals surface area contributed by atoms with Gasteiger partial charge in [0.2, 0.25) is 5.91 Å². The van der Waals surface area contributed by atoms with Crippen LogP contribution >= 0.6 is 0 Å². The topological polar surface area (TPSA) is 52.6 Å². The van der Waals surface area contributed by atoms with Crippen molar-refractivity contribution in [1.82, 2.24) is 10.2 Å². The van der Waals surface area contributed by atoms with Crippen LogP contribution in [0, 0.1) is 0 Å². The van der Waals surface area contributed by atoms with Crippen molar-refractivity contribution in [3.63, 3.8) is 0 Å². The molecular weight excluding hydrogens is 240 g/mol. The highest BCUT2D eigenvalue weighted by Gasteiger charge is 2.31. The molecule has 0 aromatic rings. The first-order valence-corrected chi connectivity index (χ1v) is 7.89. The van der Waals surface area contributed by atoms with E-state index in [2.05, 4.69) is 10.2 Å². The van der Waals surface area contributed by atoms with Crippen molar-refractivity contribution >= 4 is 5.91 Å². The molecule has 2 N–H and O–H groups in total. The van der Waals surface area contributed by atoms with E-state index in [9.17, 15) is 9.90 Å². The second-order valence-corrected chi connectivity index (χ2v) is 6.21. The van der Waals surface area contributed by atoms with E-state index in [0.717, 1.165) is 38.8 Å². The monoisotopic (exact) mass is 268 g/mol. The van der Waals surface area contributed by atoms with E-state index in [0.29, 0.717) is 0 Å². The zero-order valence-corrected chi connectivity index (χ0v) is 12.0. The normalized spacial score (nSPS) is 24.1. The minimum atomic E-state index is -0.729. The molecular formula is C15H28N2O2. The first kappa shape index (κ1) is 14.8. The molecule has 19 heavy (non-hydrogen) atoms. The van der Waals surface area contributed by atoms with Gasteiger partial charge in [0, 0.05) is 13.1 Å². The highest BCUT2D eigenvalue weighted by molar-refractivity contribution is 5.77. The summed E-state index contributed by atoms with van der Waals surface area (Å²) in [7, 11) is 0. The molecule has 1 aliphatic carbocycles. The van der Waals surface area contributed by atoms with Gasteiger partial charge in [0.05, 0.1) is 12.0 Å². The Bertz CT molecular complexity index is 282. The maximum absolute atomic E-state index is 11.9. The number of aliphatic hydroxyl groups is 1. The SMILES string of the molecule is O=C(CC1(O)CCCCC1)NCCN1CCCCC1. The van der Waals surface area contributed by atoms with E-state index in [1.54, 1.807) is 0 Å². The number of hydrogen-bond acceptors (Lipinski definition) is 3. The lowest BCUT2D eigenvalue weighted by atomic mass is 9.82. The van der Waals surface area contributed by atoms with Gasteiger partial charge in [-0.05, 0) is 38.8 Å². The Morgan fingerprint density at radius 1 is 1.05 bits per heavy atom. The Morgan fingerprint density at radius 3 is 2.37 bits per heavy atom. The van der Waals surface area contributed by atoms with Gasteiger partial charge in [-0.3, -0.25) is 4.79 Å². The molecule has 1 saturated carbocycles. The fourth-order valence-corrected chi connectivity index (χ4v) is 3.28. The number of piperidine rings is 1. The van der Waals surface area contributed by atoms with Crippen LogP contribution in [0.1, 0.15) is 57.8 Å². The Labute approximate surface area is 116 Å². The molecule has 110 valence electrons. The molecule has 4 heteroatoms. The van der Waals surface area contributed by atoms with Gasteiger partial charge >= 0.3 is 0 Å². The number of likely N-dealkylation sites (tertiary alicyclic amines) is 1. The molecule has 0 spiro atoms. The van der Waals surface area contributed by atoms with Crippen molar-refractivity contribution < 1.29 is 9.90 Å². The fourth-order valence-electron chi connectivity index (χ4n) is 3.28. The van der Waals surface area contributed by atoms with Crippen LogP contribution in [-0.4, -0.2) is 47.7 Å². The Balaban J connectivity index is 1.61. The Morgan fingerprint density at radius 2 is 1.68 bits per heavy atom. The van der Waals surface area contributed by atoms with E-state index in [-0.39, 0.29) is 12.3 Å². The molecule has 0 aromatic carbocycles. The van der Waals surface area contributed by atoms with Crippen molar-refractivity contribution in [2.24, 2.45) is 0 Å². The number of carbonyl (C=O) groups is 1. The van der Waals surface area contributed by atoms with Crippen LogP contribution in [0.3, 0.4) is 0 Å². The van der Waals surface area contributed by atoms with Gasteiger partial charge in [0.1, 0.15) is 0 Å². The molecule has 0 atom stereocenters. The highest BCUT2D eigenvalue weighted by Crippen LogP contribution is 2.30. The number of nitrogens with zero attached hydrogens (tertiary/aromatic N) is 1. The predicted molar refractivity (Wildman–Crippen MR) is 76.0 cm³/mol. The highest BCUT2D eigenvalue weighted by atomic mass is 16.3. The number of carbonyl (C=O) groups excluding carboxylic acids is 1. The fraction of sp³-hybridized carbons (Fsp3) is 0.933. The molecule has 1 heterocycles. The van der Waals surface area contributed by atoms with Gasteiger partial charge < -0.3 is 15.3 Å². The van der Waals surface area contributed by atoms with E-state index < -0.39 is 5.60 Å². The number of nitrogens with one attached hydrogen (secondary N) is 1. The standard InChI is InChI=1S/C15H28N2O2/c18-14(13-15(19)7-3-1-4-8-15)16-9-12-17-10-5-2-6-11-17/h19H,1-13H2,(H,16,18). The van der Waals surface area contributed by atoms with Crippen molar-refractivity contribution in [2.45, 2.75) is 63.4 Å². The largest absolute Gasteiger partial charge is 0.389 e. The zero-order chi connectivity index (χ0) is 13.6. The summed E-state index contributed by atoms with van der Waals surface area (Å²) in [6, 6.07) is 0. The van der Waals surface area contributed by atoms with Crippen LogP contribution in [0.4, 0.5) is 0 Å². The maximum atomic E-state index is 11.9. The molecule has 1 amide bonds. The summed E-state index contributed by atoms with van der Waals surface area (Å²) in [6.07, 6.45) is 9.07. The summed E-state index contributed by atoms with van der Waals surface area (Å²) < 4.78 is 0. The second kappa shape index (κ2) is 7.25. The molecule has 1 aliphatic heterocycles. The number of hydrogen-bond donors (Lipinski definition) is 2. The predicted octanol–water partition coefficient (Wildman–Crippen LogP) is 1.67. The Kier molecular flexibility index (Phi) is 5.64. The molecule has 2 rings (SSSR count). The molecule has 0 aromatic heterocycles. The van der Waals surface area contributed by atoms with Gasteiger partial charge in [0.15, 0.2) is 0 Å². The van der Waals surface area contributed by atoms with Gasteiger partial charge in [-0.1, -0.05) is 25.7 Å². The van der Waals surface area contributed by atoms with Crippen molar-refractivity contribution in [3.05, 3.63) is 0 Å². The molecule has 0 radical (unpaired) electrons. The molecule has 0 unspecified atom stereocenters. The number of amides is 1.